The SMILES string of the molecule is C1CCNC1.Cl.O=C(CCl)N1CCCC1. The van der Waals surface area contributed by atoms with E-state index in [0.717, 1.165) is 25.9 Å². The summed E-state index contributed by atoms with van der Waals surface area (Å²) in [6.07, 6.45) is 5.06. The Morgan fingerprint density at radius 1 is 1.13 bits per heavy atom. The van der Waals surface area contributed by atoms with E-state index in [1.807, 2.05) is 4.90 Å². The Kier molecular flexibility index (Phi) is 9.26. The second-order valence-corrected chi connectivity index (χ2v) is 3.95. The molecule has 0 saturated carbocycles. The normalized spacial score (nSPS) is 19.1. The van der Waals surface area contributed by atoms with Crippen LogP contribution in [0.25, 0.3) is 0 Å². The third-order valence-electron chi connectivity index (χ3n) is 2.53. The van der Waals surface area contributed by atoms with Gasteiger partial charge in [0.2, 0.25) is 5.91 Å². The minimum Gasteiger partial charge on any atom is -0.342 e. The van der Waals surface area contributed by atoms with E-state index in [-0.39, 0.29) is 24.2 Å². The van der Waals surface area contributed by atoms with E-state index >= 15 is 0 Å². The molecule has 2 aliphatic rings. The maximum Gasteiger partial charge on any atom is 0.237 e. The summed E-state index contributed by atoms with van der Waals surface area (Å²) in [6.45, 7) is 4.32. The lowest BCUT2D eigenvalue weighted by Crippen LogP contribution is -2.28. The number of nitrogens with one attached hydrogen (secondary N) is 1. The van der Waals surface area contributed by atoms with Crippen LogP contribution in [-0.2, 0) is 4.79 Å². The number of carbonyl (C=O) groups is 1. The van der Waals surface area contributed by atoms with Gasteiger partial charge in [0.05, 0.1) is 0 Å². The molecular weight excluding hydrogens is 235 g/mol. The third-order valence-corrected chi connectivity index (χ3v) is 2.76. The molecule has 2 rings (SSSR count). The monoisotopic (exact) mass is 254 g/mol. The van der Waals surface area contributed by atoms with Crippen molar-refractivity contribution in [3.63, 3.8) is 0 Å². The van der Waals surface area contributed by atoms with Crippen LogP contribution in [0.15, 0.2) is 0 Å². The molecular formula is C10H20Cl2N2O. The number of likely N-dealkylation sites (tertiary alicyclic amines) is 1. The lowest BCUT2D eigenvalue weighted by molar-refractivity contribution is -0.127. The molecule has 15 heavy (non-hydrogen) atoms. The minimum absolute atomic E-state index is 0. The van der Waals surface area contributed by atoms with Gasteiger partial charge >= 0.3 is 0 Å². The molecule has 2 saturated heterocycles. The summed E-state index contributed by atoms with van der Waals surface area (Å²) in [5.41, 5.74) is 0. The fourth-order valence-electron chi connectivity index (χ4n) is 1.68. The van der Waals surface area contributed by atoms with E-state index in [0.29, 0.717) is 0 Å². The van der Waals surface area contributed by atoms with Crippen LogP contribution in [-0.4, -0.2) is 42.9 Å². The molecule has 2 aliphatic heterocycles. The summed E-state index contributed by atoms with van der Waals surface area (Å²) in [5, 5.41) is 3.22. The van der Waals surface area contributed by atoms with Crippen LogP contribution in [0.3, 0.4) is 0 Å². The number of alkyl halides is 1. The topological polar surface area (TPSA) is 32.3 Å². The van der Waals surface area contributed by atoms with E-state index in [1.165, 1.54) is 25.9 Å². The zero-order chi connectivity index (χ0) is 10.2. The van der Waals surface area contributed by atoms with E-state index in [4.69, 9.17) is 11.6 Å². The first-order chi connectivity index (χ1) is 6.84. The molecule has 90 valence electrons. The van der Waals surface area contributed by atoms with Crippen molar-refractivity contribution in [3.05, 3.63) is 0 Å². The minimum atomic E-state index is 0. The van der Waals surface area contributed by atoms with Crippen LogP contribution in [0.1, 0.15) is 25.7 Å². The number of rotatable bonds is 1. The first kappa shape index (κ1) is 15.0. The van der Waals surface area contributed by atoms with Gasteiger partial charge < -0.3 is 10.2 Å². The van der Waals surface area contributed by atoms with Crippen LogP contribution in [0.2, 0.25) is 0 Å². The lowest BCUT2D eigenvalue weighted by atomic mass is 10.4. The maximum absolute atomic E-state index is 10.8. The van der Waals surface area contributed by atoms with Crippen molar-refractivity contribution in [2.75, 3.05) is 32.1 Å². The fourth-order valence-corrected chi connectivity index (χ4v) is 1.85. The quantitative estimate of drug-likeness (QED) is 0.722. The van der Waals surface area contributed by atoms with Crippen molar-refractivity contribution in [3.8, 4) is 0 Å². The van der Waals surface area contributed by atoms with Crippen LogP contribution in [0.5, 0.6) is 0 Å². The number of hydrogen-bond donors (Lipinski definition) is 1. The molecule has 0 spiro atoms. The molecule has 0 aromatic rings. The first-order valence-corrected chi connectivity index (χ1v) is 5.92. The number of carbonyl (C=O) groups excluding carboxylic acids is 1. The zero-order valence-corrected chi connectivity index (χ0v) is 10.6. The molecule has 2 heterocycles. The predicted molar refractivity (Wildman–Crippen MR) is 65.9 cm³/mol. The van der Waals surface area contributed by atoms with E-state index < -0.39 is 0 Å². The van der Waals surface area contributed by atoms with Gasteiger partial charge in [-0.2, -0.15) is 0 Å². The van der Waals surface area contributed by atoms with Gasteiger partial charge in [0.25, 0.3) is 0 Å². The van der Waals surface area contributed by atoms with Gasteiger partial charge in [-0.1, -0.05) is 0 Å². The smallest absolute Gasteiger partial charge is 0.237 e. The molecule has 0 unspecified atom stereocenters. The number of hydrogen-bond acceptors (Lipinski definition) is 2. The van der Waals surface area contributed by atoms with E-state index in [2.05, 4.69) is 5.32 Å². The van der Waals surface area contributed by atoms with Crippen LogP contribution < -0.4 is 5.32 Å². The molecule has 0 radical (unpaired) electrons. The van der Waals surface area contributed by atoms with Gasteiger partial charge in [-0.25, -0.2) is 0 Å². The summed E-state index contributed by atoms with van der Waals surface area (Å²) in [6, 6.07) is 0. The molecule has 0 aliphatic carbocycles. The standard InChI is InChI=1S/C6H10ClNO.C4H9N.ClH/c7-5-6(9)8-3-1-2-4-8;1-2-4-5-3-1;/h1-5H2;5H,1-4H2;1H. The Labute approximate surface area is 103 Å². The van der Waals surface area contributed by atoms with Crippen molar-refractivity contribution in [1.82, 2.24) is 10.2 Å². The maximum atomic E-state index is 10.8. The van der Waals surface area contributed by atoms with Gasteiger partial charge in [0, 0.05) is 13.1 Å². The Hall–Kier alpha value is 0.01000. The summed E-state index contributed by atoms with van der Waals surface area (Å²) >= 11 is 5.34. The largest absolute Gasteiger partial charge is 0.342 e. The Balaban J connectivity index is 0.000000280. The second-order valence-electron chi connectivity index (χ2n) is 3.68. The number of halogens is 2. The summed E-state index contributed by atoms with van der Waals surface area (Å²) in [7, 11) is 0. The Morgan fingerprint density at radius 2 is 1.67 bits per heavy atom. The van der Waals surface area contributed by atoms with Gasteiger partial charge in [0.1, 0.15) is 5.88 Å². The molecule has 1 N–H and O–H groups in total. The second kappa shape index (κ2) is 9.25. The van der Waals surface area contributed by atoms with E-state index in [1.54, 1.807) is 0 Å². The first-order valence-electron chi connectivity index (χ1n) is 5.39. The highest BCUT2D eigenvalue weighted by atomic mass is 35.5. The van der Waals surface area contributed by atoms with Crippen LogP contribution in [0, 0.1) is 0 Å². The molecule has 2 fully saturated rings. The highest BCUT2D eigenvalue weighted by Crippen LogP contribution is 2.07. The zero-order valence-electron chi connectivity index (χ0n) is 9.01. The molecule has 5 heteroatoms. The van der Waals surface area contributed by atoms with Crippen LogP contribution in [0.4, 0.5) is 0 Å². The van der Waals surface area contributed by atoms with Crippen molar-refractivity contribution >= 4 is 29.9 Å². The predicted octanol–water partition coefficient (Wildman–Crippen LogP) is 1.64. The van der Waals surface area contributed by atoms with Crippen molar-refractivity contribution in [2.45, 2.75) is 25.7 Å². The Bertz CT molecular complexity index is 161. The molecule has 1 amide bonds. The molecule has 0 bridgehead atoms. The van der Waals surface area contributed by atoms with Gasteiger partial charge in [-0.05, 0) is 38.8 Å². The van der Waals surface area contributed by atoms with Gasteiger partial charge in [-0.15, -0.1) is 24.0 Å². The van der Waals surface area contributed by atoms with Crippen molar-refractivity contribution in [2.24, 2.45) is 0 Å². The van der Waals surface area contributed by atoms with Crippen molar-refractivity contribution < 1.29 is 4.79 Å². The van der Waals surface area contributed by atoms with Gasteiger partial charge in [-0.3, -0.25) is 4.79 Å². The van der Waals surface area contributed by atoms with Crippen LogP contribution >= 0.6 is 24.0 Å². The average molecular weight is 255 g/mol. The molecule has 3 nitrogen and oxygen atoms in total. The highest BCUT2D eigenvalue weighted by molar-refractivity contribution is 6.27. The highest BCUT2D eigenvalue weighted by Gasteiger charge is 2.15. The van der Waals surface area contributed by atoms with Crippen molar-refractivity contribution in [1.29, 1.82) is 0 Å². The van der Waals surface area contributed by atoms with E-state index in [9.17, 15) is 4.79 Å². The molecule has 0 aromatic heterocycles. The number of amides is 1. The summed E-state index contributed by atoms with van der Waals surface area (Å²) in [5.74, 6) is 0.217. The van der Waals surface area contributed by atoms with Gasteiger partial charge in [0.15, 0.2) is 0 Å². The molecule has 0 atom stereocenters. The third kappa shape index (κ3) is 6.23. The lowest BCUT2D eigenvalue weighted by Gasteiger charge is -2.11. The fraction of sp³-hybridized carbons (Fsp3) is 0.900. The average Bonchev–Trinajstić information content (AvgIpc) is 2.91. The number of nitrogens with zero attached hydrogens (tertiary/aromatic N) is 1. The Morgan fingerprint density at radius 3 is 2.00 bits per heavy atom. The summed E-state index contributed by atoms with van der Waals surface area (Å²) in [4.78, 5) is 12.6. The molecule has 0 aromatic carbocycles. The summed E-state index contributed by atoms with van der Waals surface area (Å²) < 4.78 is 0.